The summed E-state index contributed by atoms with van der Waals surface area (Å²) in [6, 6.07) is 0.142. The Bertz CT molecular complexity index is 579. The van der Waals surface area contributed by atoms with Gasteiger partial charge in [-0.1, -0.05) is 6.08 Å². The SMILES string of the molecule is CC(C)(C)OC(=O)N1CC=C(B2OC(C)(C)C(C)(C)O2)CC1CC1CS1. The number of hydrogen-bond acceptors (Lipinski definition) is 5. The molecule has 2 saturated heterocycles. The highest BCUT2D eigenvalue weighted by molar-refractivity contribution is 8.06. The van der Waals surface area contributed by atoms with E-state index in [2.05, 4.69) is 33.8 Å². The lowest BCUT2D eigenvalue weighted by Gasteiger charge is -2.36. The standard InChI is InChI=1S/C19H32BNO4S/c1-17(2,3)23-16(22)21-9-8-13(10-14(21)11-15-12-26-15)20-24-18(4,5)19(6,7)25-20/h8,14-15H,9-12H2,1-7H3. The van der Waals surface area contributed by atoms with Crippen LogP contribution in [0.5, 0.6) is 0 Å². The van der Waals surface area contributed by atoms with Crippen molar-refractivity contribution in [2.45, 2.75) is 89.4 Å². The molecular weight excluding hydrogens is 349 g/mol. The molecule has 26 heavy (non-hydrogen) atoms. The lowest BCUT2D eigenvalue weighted by molar-refractivity contribution is 0.00578. The fraction of sp³-hybridized carbons (Fsp3) is 0.842. The van der Waals surface area contributed by atoms with Gasteiger partial charge in [-0.15, -0.1) is 0 Å². The summed E-state index contributed by atoms with van der Waals surface area (Å²) in [5.74, 6) is 1.19. The van der Waals surface area contributed by atoms with E-state index in [1.54, 1.807) is 0 Å². The minimum absolute atomic E-state index is 0.142. The highest BCUT2D eigenvalue weighted by atomic mass is 32.2. The van der Waals surface area contributed by atoms with Crippen molar-refractivity contribution in [3.63, 3.8) is 0 Å². The second-order valence-corrected chi connectivity index (χ2v) is 10.9. The van der Waals surface area contributed by atoms with Gasteiger partial charge in [0, 0.05) is 23.6 Å². The van der Waals surface area contributed by atoms with Gasteiger partial charge in [-0.25, -0.2) is 4.79 Å². The van der Waals surface area contributed by atoms with E-state index in [1.165, 1.54) is 5.75 Å². The highest BCUT2D eigenvalue weighted by Crippen LogP contribution is 2.42. The predicted molar refractivity (Wildman–Crippen MR) is 106 cm³/mol. The van der Waals surface area contributed by atoms with Crippen LogP contribution in [0.2, 0.25) is 0 Å². The maximum atomic E-state index is 12.7. The molecule has 0 N–H and O–H groups in total. The summed E-state index contributed by atoms with van der Waals surface area (Å²) in [5, 5.41) is 0.655. The first-order valence-corrected chi connectivity index (χ1v) is 10.6. The number of carbonyl (C=O) groups excluding carboxylic acids is 1. The molecule has 0 aromatic heterocycles. The van der Waals surface area contributed by atoms with Crippen LogP contribution in [0, 0.1) is 0 Å². The zero-order chi connectivity index (χ0) is 19.3. The maximum absolute atomic E-state index is 12.7. The van der Waals surface area contributed by atoms with Gasteiger partial charge in [0.15, 0.2) is 0 Å². The molecule has 0 saturated carbocycles. The summed E-state index contributed by atoms with van der Waals surface area (Å²) >= 11 is 1.96. The second kappa shape index (κ2) is 6.75. The van der Waals surface area contributed by atoms with Crippen LogP contribution < -0.4 is 0 Å². The van der Waals surface area contributed by atoms with Gasteiger partial charge < -0.3 is 18.9 Å². The molecule has 0 bridgehead atoms. The second-order valence-electron chi connectivity index (χ2n) is 9.55. The quantitative estimate of drug-likeness (QED) is 0.545. The molecule has 2 fully saturated rings. The first-order chi connectivity index (χ1) is 11.9. The van der Waals surface area contributed by atoms with Crippen LogP contribution in [0.25, 0.3) is 0 Å². The fourth-order valence-electron chi connectivity index (χ4n) is 3.28. The van der Waals surface area contributed by atoms with Crippen LogP contribution in [0.15, 0.2) is 11.5 Å². The third kappa shape index (κ3) is 4.42. The van der Waals surface area contributed by atoms with Crippen molar-refractivity contribution < 1.29 is 18.8 Å². The number of hydrogen-bond donors (Lipinski definition) is 0. The monoisotopic (exact) mass is 381 g/mol. The Hall–Kier alpha value is -0.655. The molecule has 1 amide bonds. The minimum Gasteiger partial charge on any atom is -0.444 e. The van der Waals surface area contributed by atoms with Crippen molar-refractivity contribution in [2.24, 2.45) is 0 Å². The molecular formula is C19H32BNO4S. The summed E-state index contributed by atoms with van der Waals surface area (Å²) in [6.45, 7) is 14.6. The number of amides is 1. The summed E-state index contributed by atoms with van der Waals surface area (Å²) in [6.07, 6.45) is 3.65. The summed E-state index contributed by atoms with van der Waals surface area (Å²) in [5.41, 5.74) is -0.0177. The molecule has 0 aromatic rings. The summed E-state index contributed by atoms with van der Waals surface area (Å²) in [4.78, 5) is 14.5. The molecule has 7 heteroatoms. The Morgan fingerprint density at radius 1 is 1.31 bits per heavy atom. The van der Waals surface area contributed by atoms with E-state index in [0.717, 1.165) is 18.3 Å². The highest BCUT2D eigenvalue weighted by Gasteiger charge is 2.53. The molecule has 3 aliphatic rings. The number of thioether (sulfide) groups is 1. The maximum Gasteiger partial charge on any atom is 0.490 e. The molecule has 0 aromatic carbocycles. The largest absolute Gasteiger partial charge is 0.490 e. The minimum atomic E-state index is -0.480. The van der Waals surface area contributed by atoms with Crippen molar-refractivity contribution in [2.75, 3.05) is 12.3 Å². The van der Waals surface area contributed by atoms with Crippen LogP contribution in [0.1, 0.15) is 61.3 Å². The third-order valence-electron chi connectivity index (χ3n) is 5.58. The lowest BCUT2D eigenvalue weighted by Crippen LogP contribution is -2.47. The van der Waals surface area contributed by atoms with E-state index < -0.39 is 5.60 Å². The van der Waals surface area contributed by atoms with Crippen LogP contribution in [-0.4, -0.2) is 58.5 Å². The van der Waals surface area contributed by atoms with E-state index in [9.17, 15) is 4.79 Å². The number of rotatable bonds is 3. The molecule has 3 aliphatic heterocycles. The summed E-state index contributed by atoms with van der Waals surface area (Å²) in [7, 11) is -0.324. The first-order valence-electron chi connectivity index (χ1n) is 9.54. The van der Waals surface area contributed by atoms with Crippen molar-refractivity contribution in [1.29, 1.82) is 0 Å². The molecule has 146 valence electrons. The summed E-state index contributed by atoms with van der Waals surface area (Å²) < 4.78 is 18.1. The molecule has 2 atom stereocenters. The Morgan fingerprint density at radius 2 is 1.88 bits per heavy atom. The van der Waals surface area contributed by atoms with E-state index in [4.69, 9.17) is 14.0 Å². The van der Waals surface area contributed by atoms with E-state index >= 15 is 0 Å². The number of ether oxygens (including phenoxy) is 1. The van der Waals surface area contributed by atoms with Crippen molar-refractivity contribution in [3.05, 3.63) is 11.5 Å². The zero-order valence-electron chi connectivity index (χ0n) is 17.1. The predicted octanol–water partition coefficient (Wildman–Crippen LogP) is 4.06. The molecule has 2 unspecified atom stereocenters. The average Bonchev–Trinajstić information content (AvgIpc) is 3.24. The molecule has 0 aliphatic carbocycles. The van der Waals surface area contributed by atoms with Gasteiger partial charge in [0.1, 0.15) is 5.60 Å². The van der Waals surface area contributed by atoms with Gasteiger partial charge in [0.2, 0.25) is 0 Å². The Morgan fingerprint density at radius 3 is 2.38 bits per heavy atom. The topological polar surface area (TPSA) is 48.0 Å². The van der Waals surface area contributed by atoms with Crippen molar-refractivity contribution in [3.8, 4) is 0 Å². The van der Waals surface area contributed by atoms with Crippen LogP contribution in [-0.2, 0) is 14.0 Å². The van der Waals surface area contributed by atoms with Gasteiger partial charge in [0.25, 0.3) is 0 Å². The first kappa shape index (κ1) is 20.1. The van der Waals surface area contributed by atoms with Gasteiger partial charge >= 0.3 is 13.2 Å². The van der Waals surface area contributed by atoms with Gasteiger partial charge in [0.05, 0.1) is 11.2 Å². The lowest BCUT2D eigenvalue weighted by atomic mass is 9.72. The van der Waals surface area contributed by atoms with Crippen molar-refractivity contribution >= 4 is 25.0 Å². The fourth-order valence-corrected chi connectivity index (χ4v) is 3.91. The molecule has 5 nitrogen and oxygen atoms in total. The smallest absolute Gasteiger partial charge is 0.444 e. The Balaban J connectivity index is 1.73. The molecule has 3 heterocycles. The Kier molecular flexibility index (Phi) is 5.21. The van der Waals surface area contributed by atoms with Gasteiger partial charge in [-0.2, -0.15) is 11.8 Å². The number of nitrogens with zero attached hydrogens (tertiary/aromatic N) is 1. The van der Waals surface area contributed by atoms with Crippen molar-refractivity contribution in [1.82, 2.24) is 4.90 Å². The van der Waals surface area contributed by atoms with E-state index in [-0.39, 0.29) is 30.5 Å². The number of carbonyl (C=O) groups is 1. The van der Waals surface area contributed by atoms with Crippen LogP contribution in [0.4, 0.5) is 4.79 Å². The third-order valence-corrected chi connectivity index (χ3v) is 6.58. The average molecular weight is 381 g/mol. The van der Waals surface area contributed by atoms with Gasteiger partial charge in [-0.3, -0.25) is 0 Å². The zero-order valence-corrected chi connectivity index (χ0v) is 17.9. The molecule has 0 spiro atoms. The van der Waals surface area contributed by atoms with Gasteiger partial charge in [-0.05, 0) is 66.8 Å². The molecule has 3 rings (SSSR count). The van der Waals surface area contributed by atoms with Crippen LogP contribution in [0.3, 0.4) is 0 Å². The molecule has 0 radical (unpaired) electrons. The Labute approximate surface area is 162 Å². The van der Waals surface area contributed by atoms with E-state index in [0.29, 0.717) is 11.8 Å². The van der Waals surface area contributed by atoms with Crippen LogP contribution >= 0.6 is 11.8 Å². The normalized spacial score (nSPS) is 30.2. The van der Waals surface area contributed by atoms with E-state index in [1.807, 2.05) is 37.4 Å².